The van der Waals surface area contributed by atoms with Crippen LogP contribution in [0.3, 0.4) is 0 Å². The van der Waals surface area contributed by atoms with E-state index in [1.807, 2.05) is 12.4 Å². The minimum absolute atomic E-state index is 0.202. The summed E-state index contributed by atoms with van der Waals surface area (Å²) in [4.78, 5) is 47.7. The van der Waals surface area contributed by atoms with Crippen molar-refractivity contribution in [2.24, 2.45) is 0 Å². The Morgan fingerprint density at radius 2 is 1.04 bits per heavy atom. The number of aromatic nitrogens is 4. The maximum Gasteiger partial charge on any atom is 0.124 e. The zero-order valence-corrected chi connectivity index (χ0v) is 27.2. The molecule has 4 bridgehead atoms. The van der Waals surface area contributed by atoms with Crippen molar-refractivity contribution in [2.45, 2.75) is 99.2 Å². The Kier molecular flexibility index (Phi) is 6.32. The summed E-state index contributed by atoms with van der Waals surface area (Å²) >= 11 is 0. The maximum atomic E-state index is 12.7. The van der Waals surface area contributed by atoms with E-state index in [4.69, 9.17) is 9.97 Å². The summed E-state index contributed by atoms with van der Waals surface area (Å²) in [5, 5.41) is 0. The molecule has 6 atom stereocenters. The van der Waals surface area contributed by atoms with Crippen molar-refractivity contribution < 1.29 is 9.59 Å². The number of nitrogens with one attached hydrogen (secondary N) is 2. The molecule has 0 radical (unpaired) electrons. The molecule has 2 saturated carbocycles. The SMILES string of the molecule is O=C=C1CCCC2N3CCCC3c3ncc([nH]3)C12c1ccc(-c2ccc([C@]34C(=C=O)CCCC3N3CCCC3c3ncc4[nH]3)cc2)cc1. The van der Waals surface area contributed by atoms with Gasteiger partial charge in [0.05, 0.1) is 34.3 Å². The number of benzene rings is 2. The standard InChI is InChI=1S/C40H40N6O2/c47-23-29-5-1-9-35-39(29,33-21-41-37(43-33)31-7-3-19-45(31)35)27-15-11-25(12-16-27)26-13-17-28(18-14-26)40-30(24-48)6-2-10-36(40)46-20-4-8-32(46)38-42-22-34(40)44-38/h11-18,21-22,31-32,35-36H,1-10,19-20H2,(H,41,43)(H,42,44)/t31?,32?,35?,36?,39-,40?/m1/s1. The second kappa shape index (κ2) is 10.6. The monoisotopic (exact) mass is 636 g/mol. The summed E-state index contributed by atoms with van der Waals surface area (Å²) in [6.07, 6.45) is 14.1. The first kappa shape index (κ1) is 28.7. The molecule has 6 aliphatic rings. The number of aromatic amines is 2. The summed E-state index contributed by atoms with van der Waals surface area (Å²) < 4.78 is 0. The van der Waals surface area contributed by atoms with Crippen molar-refractivity contribution in [3.8, 4) is 11.1 Å². The fourth-order valence-corrected chi connectivity index (χ4v) is 11.2. The van der Waals surface area contributed by atoms with Crippen molar-refractivity contribution in [3.05, 3.63) is 106 Å². The molecule has 6 heterocycles. The smallest absolute Gasteiger partial charge is 0.124 e. The molecule has 10 rings (SSSR count). The average molecular weight is 637 g/mol. The highest BCUT2D eigenvalue weighted by molar-refractivity contribution is 5.70. The second-order valence-electron chi connectivity index (χ2n) is 14.9. The highest BCUT2D eigenvalue weighted by atomic mass is 16.1. The lowest BCUT2D eigenvalue weighted by Crippen LogP contribution is -2.53. The zero-order valence-electron chi connectivity index (χ0n) is 27.2. The van der Waals surface area contributed by atoms with E-state index >= 15 is 0 Å². The normalized spacial score (nSPS) is 32.3. The maximum absolute atomic E-state index is 12.7. The lowest BCUT2D eigenvalue weighted by molar-refractivity contribution is 0.113. The number of fused-ring (bicyclic) bond motifs is 14. The van der Waals surface area contributed by atoms with Crippen molar-refractivity contribution >= 4 is 11.9 Å². The predicted octanol–water partition coefficient (Wildman–Crippen LogP) is 6.29. The van der Waals surface area contributed by atoms with Gasteiger partial charge >= 0.3 is 0 Å². The average Bonchev–Trinajstić information content (AvgIpc) is 3.96. The van der Waals surface area contributed by atoms with Crippen molar-refractivity contribution in [1.29, 1.82) is 0 Å². The molecule has 4 aromatic rings. The van der Waals surface area contributed by atoms with Crippen LogP contribution in [0.15, 0.2) is 72.1 Å². The molecule has 242 valence electrons. The van der Waals surface area contributed by atoms with Crippen LogP contribution in [-0.2, 0) is 20.4 Å². The van der Waals surface area contributed by atoms with Crippen molar-refractivity contribution in [3.63, 3.8) is 0 Å². The minimum Gasteiger partial charge on any atom is -0.343 e. The number of nitrogens with zero attached hydrogens (tertiary/aromatic N) is 4. The van der Waals surface area contributed by atoms with Gasteiger partial charge in [0.2, 0.25) is 0 Å². The molecule has 0 amide bonds. The van der Waals surface area contributed by atoms with Crippen molar-refractivity contribution in [1.82, 2.24) is 29.7 Å². The Bertz CT molecular complexity index is 1870. The highest BCUT2D eigenvalue weighted by Crippen LogP contribution is 2.56. The predicted molar refractivity (Wildman–Crippen MR) is 182 cm³/mol. The topological polar surface area (TPSA) is 98.0 Å². The Morgan fingerprint density at radius 3 is 1.46 bits per heavy atom. The molecule has 8 nitrogen and oxygen atoms in total. The molecule has 0 spiro atoms. The van der Waals surface area contributed by atoms with Crippen LogP contribution in [0.2, 0.25) is 0 Å². The van der Waals surface area contributed by atoms with Gasteiger partial charge in [-0.25, -0.2) is 19.6 Å². The first-order valence-electron chi connectivity index (χ1n) is 18.0. The summed E-state index contributed by atoms with van der Waals surface area (Å²) in [5.41, 5.74) is 7.09. The van der Waals surface area contributed by atoms with E-state index in [9.17, 15) is 9.59 Å². The summed E-state index contributed by atoms with van der Waals surface area (Å²) in [6, 6.07) is 18.7. The van der Waals surface area contributed by atoms with Gasteiger partial charge in [0.25, 0.3) is 0 Å². The van der Waals surface area contributed by atoms with E-state index in [0.717, 1.165) is 134 Å². The number of carbonyl (C=O) groups excluding carboxylic acids is 2. The Morgan fingerprint density at radius 1 is 0.604 bits per heavy atom. The first-order chi connectivity index (χ1) is 23.7. The Hall–Kier alpha value is -4.32. The molecule has 2 aliphatic carbocycles. The van der Waals surface area contributed by atoms with E-state index in [0.29, 0.717) is 0 Å². The van der Waals surface area contributed by atoms with Crippen LogP contribution in [0.4, 0.5) is 0 Å². The van der Waals surface area contributed by atoms with Gasteiger partial charge in [-0.05, 0) is 99.6 Å². The van der Waals surface area contributed by atoms with Gasteiger partial charge in [-0.3, -0.25) is 9.80 Å². The van der Waals surface area contributed by atoms with E-state index in [2.05, 4.69) is 80.2 Å². The number of hydrogen-bond donors (Lipinski definition) is 2. The van der Waals surface area contributed by atoms with Gasteiger partial charge in [-0.15, -0.1) is 0 Å². The van der Waals surface area contributed by atoms with Crippen LogP contribution in [0.25, 0.3) is 11.1 Å². The lowest BCUT2D eigenvalue weighted by atomic mass is 9.61. The van der Waals surface area contributed by atoms with Crippen molar-refractivity contribution in [2.75, 3.05) is 13.1 Å². The molecule has 2 N–H and O–H groups in total. The first-order valence-corrected chi connectivity index (χ1v) is 18.0. The fourth-order valence-electron chi connectivity index (χ4n) is 11.2. The van der Waals surface area contributed by atoms with E-state index in [-0.39, 0.29) is 24.2 Å². The number of rotatable bonds is 3. The van der Waals surface area contributed by atoms with Gasteiger partial charge in [0.15, 0.2) is 0 Å². The second-order valence-corrected chi connectivity index (χ2v) is 14.9. The number of imidazole rings is 2. The molecule has 8 heteroatoms. The zero-order chi connectivity index (χ0) is 32.0. The van der Waals surface area contributed by atoms with Gasteiger partial charge in [-0.1, -0.05) is 48.5 Å². The van der Waals surface area contributed by atoms with Gasteiger partial charge in [0.1, 0.15) is 23.5 Å². The summed E-state index contributed by atoms with van der Waals surface area (Å²) in [6.45, 7) is 2.06. The van der Waals surface area contributed by atoms with Gasteiger partial charge in [0, 0.05) is 35.6 Å². The number of hydrogen-bond acceptors (Lipinski definition) is 6. The van der Waals surface area contributed by atoms with Crippen LogP contribution in [0, 0.1) is 0 Å². The Labute approximate surface area is 280 Å². The molecular weight excluding hydrogens is 596 g/mol. The lowest BCUT2D eigenvalue weighted by Gasteiger charge is -2.48. The third-order valence-electron chi connectivity index (χ3n) is 13.1. The molecular formula is C40H40N6O2. The van der Waals surface area contributed by atoms with E-state index in [1.165, 1.54) is 0 Å². The largest absolute Gasteiger partial charge is 0.343 e. The van der Waals surface area contributed by atoms with E-state index in [1.54, 1.807) is 0 Å². The summed E-state index contributed by atoms with van der Waals surface area (Å²) in [5.74, 6) is 6.93. The number of H-pyrrole nitrogens is 2. The van der Waals surface area contributed by atoms with E-state index < -0.39 is 10.8 Å². The highest BCUT2D eigenvalue weighted by Gasteiger charge is 2.57. The molecule has 2 aromatic heterocycles. The molecule has 48 heavy (non-hydrogen) atoms. The minimum atomic E-state index is -0.574. The quantitative estimate of drug-likeness (QED) is 0.257. The van der Waals surface area contributed by atoms with Gasteiger partial charge in [-0.2, -0.15) is 0 Å². The molecule has 4 aliphatic heterocycles. The van der Waals surface area contributed by atoms with Gasteiger partial charge < -0.3 is 9.97 Å². The van der Waals surface area contributed by atoms with Crippen LogP contribution in [-0.4, -0.2) is 66.8 Å². The fraction of sp³-hybridized carbons (Fsp3) is 0.450. The van der Waals surface area contributed by atoms with Crippen LogP contribution < -0.4 is 0 Å². The molecule has 4 fully saturated rings. The van der Waals surface area contributed by atoms with Crippen LogP contribution >= 0.6 is 0 Å². The van der Waals surface area contributed by atoms with Crippen LogP contribution in [0.1, 0.15) is 110 Å². The third-order valence-corrected chi connectivity index (χ3v) is 13.1. The Balaban J connectivity index is 1.05. The van der Waals surface area contributed by atoms with Crippen LogP contribution in [0.5, 0.6) is 0 Å². The molecule has 2 saturated heterocycles. The third kappa shape index (κ3) is 3.64. The molecule has 5 unspecified atom stereocenters. The summed E-state index contributed by atoms with van der Waals surface area (Å²) in [7, 11) is 0. The molecule has 2 aromatic carbocycles.